The first-order valence-corrected chi connectivity index (χ1v) is 12.9. The van der Waals surface area contributed by atoms with E-state index < -0.39 is 0 Å². The molecule has 1 unspecified atom stereocenters. The molecule has 188 valence electrons. The highest BCUT2D eigenvalue weighted by Crippen LogP contribution is 2.26. The van der Waals surface area contributed by atoms with E-state index in [1.54, 1.807) is 0 Å². The summed E-state index contributed by atoms with van der Waals surface area (Å²) < 4.78 is 7.42. The van der Waals surface area contributed by atoms with Gasteiger partial charge in [0.25, 0.3) is 5.91 Å². The second-order valence-electron chi connectivity index (χ2n) is 9.63. The van der Waals surface area contributed by atoms with Crippen LogP contribution in [0.2, 0.25) is 0 Å². The Kier molecular flexibility index (Phi) is 6.60. The highest BCUT2D eigenvalue weighted by atomic mass is 16.5. The molecule has 0 bridgehead atoms. The predicted octanol–water partition coefficient (Wildman–Crippen LogP) is 4.93. The van der Waals surface area contributed by atoms with Crippen molar-refractivity contribution in [2.45, 2.75) is 25.3 Å². The fourth-order valence-corrected chi connectivity index (χ4v) is 5.20. The second-order valence-corrected chi connectivity index (χ2v) is 9.63. The Morgan fingerprint density at radius 1 is 0.892 bits per heavy atom. The molecule has 4 aromatic rings. The molecule has 1 amide bonds. The molecule has 2 N–H and O–H groups in total. The second kappa shape index (κ2) is 10.5. The number of nitrogens with zero attached hydrogens (tertiary/aromatic N) is 3. The van der Waals surface area contributed by atoms with Gasteiger partial charge in [-0.1, -0.05) is 24.3 Å². The van der Waals surface area contributed by atoms with Gasteiger partial charge >= 0.3 is 0 Å². The van der Waals surface area contributed by atoms with Crippen LogP contribution >= 0.6 is 0 Å². The van der Waals surface area contributed by atoms with E-state index >= 15 is 0 Å². The predicted molar refractivity (Wildman–Crippen MR) is 147 cm³/mol. The third kappa shape index (κ3) is 5.22. The van der Waals surface area contributed by atoms with Crippen molar-refractivity contribution < 1.29 is 9.53 Å². The van der Waals surface area contributed by atoms with Gasteiger partial charge in [-0.2, -0.15) is 5.10 Å². The average molecular weight is 494 g/mol. The number of fused-ring (bicyclic) bond motifs is 1. The molecule has 1 aliphatic carbocycles. The Labute approximate surface area is 217 Å². The standard InChI is InChI=1S/C30H31N5O2/c36-30(33-25-9-12-27(13-10-25)34-15-17-37-18-16-34)22-5-4-8-28(20-22)35-29-14-11-26(19-23(29)21-31-35)32-24-6-2-1-3-7-24/h1-10,12-13,20-21,26,32H,11,14-19H2,(H,33,36). The van der Waals surface area contributed by atoms with E-state index in [4.69, 9.17) is 9.84 Å². The quantitative estimate of drug-likeness (QED) is 0.399. The Balaban J connectivity index is 1.13. The Morgan fingerprint density at radius 3 is 2.51 bits per heavy atom. The van der Waals surface area contributed by atoms with E-state index in [0.717, 1.165) is 68.3 Å². The molecule has 6 rings (SSSR count). The maximum Gasteiger partial charge on any atom is 0.255 e. The smallest absolute Gasteiger partial charge is 0.255 e. The van der Waals surface area contributed by atoms with Crippen LogP contribution in [0.3, 0.4) is 0 Å². The molecule has 1 atom stereocenters. The molecule has 0 saturated carbocycles. The van der Waals surface area contributed by atoms with E-state index in [-0.39, 0.29) is 5.91 Å². The number of anilines is 3. The lowest BCUT2D eigenvalue weighted by molar-refractivity contribution is 0.102. The molecule has 1 aromatic heterocycles. The summed E-state index contributed by atoms with van der Waals surface area (Å²) in [6, 6.07) is 26.4. The number of benzene rings is 3. The minimum Gasteiger partial charge on any atom is -0.382 e. The van der Waals surface area contributed by atoms with Gasteiger partial charge < -0.3 is 20.3 Å². The summed E-state index contributed by atoms with van der Waals surface area (Å²) in [7, 11) is 0. The van der Waals surface area contributed by atoms with E-state index in [1.807, 2.05) is 65.5 Å². The minimum atomic E-state index is -0.130. The molecular weight excluding hydrogens is 462 g/mol. The van der Waals surface area contributed by atoms with Gasteiger partial charge in [-0.3, -0.25) is 4.79 Å². The van der Waals surface area contributed by atoms with Crippen LogP contribution in [-0.4, -0.2) is 48.0 Å². The maximum absolute atomic E-state index is 13.1. The van der Waals surface area contributed by atoms with Crippen molar-refractivity contribution >= 4 is 23.0 Å². The van der Waals surface area contributed by atoms with Gasteiger partial charge in [0.1, 0.15) is 0 Å². The average Bonchev–Trinajstić information content (AvgIpc) is 3.38. The van der Waals surface area contributed by atoms with Crippen LogP contribution in [0.25, 0.3) is 5.69 Å². The van der Waals surface area contributed by atoms with Crippen molar-refractivity contribution in [3.63, 3.8) is 0 Å². The Hall–Kier alpha value is -4.10. The summed E-state index contributed by atoms with van der Waals surface area (Å²) in [6.45, 7) is 3.28. The molecule has 7 nitrogen and oxygen atoms in total. The SMILES string of the molecule is O=C(Nc1ccc(N2CCOCC2)cc1)c1cccc(-n2ncc3c2CCC(Nc2ccccc2)C3)c1. The molecule has 1 aliphatic heterocycles. The fourth-order valence-electron chi connectivity index (χ4n) is 5.20. The van der Waals surface area contributed by atoms with Gasteiger partial charge in [0.15, 0.2) is 0 Å². The minimum absolute atomic E-state index is 0.130. The van der Waals surface area contributed by atoms with E-state index in [0.29, 0.717) is 11.6 Å². The zero-order valence-corrected chi connectivity index (χ0v) is 20.8. The topological polar surface area (TPSA) is 71.4 Å². The number of nitrogens with one attached hydrogen (secondary N) is 2. The number of amides is 1. The maximum atomic E-state index is 13.1. The molecule has 3 aromatic carbocycles. The summed E-state index contributed by atoms with van der Waals surface area (Å²) in [5.41, 5.74) is 7.08. The number of carbonyl (C=O) groups is 1. The van der Waals surface area contributed by atoms with Crippen LogP contribution in [0.1, 0.15) is 28.0 Å². The highest BCUT2D eigenvalue weighted by Gasteiger charge is 2.23. The summed E-state index contributed by atoms with van der Waals surface area (Å²) in [6.07, 6.45) is 4.88. The monoisotopic (exact) mass is 493 g/mol. The van der Waals surface area contributed by atoms with Crippen LogP contribution < -0.4 is 15.5 Å². The van der Waals surface area contributed by atoms with Crippen molar-refractivity contribution in [3.05, 3.63) is 102 Å². The zero-order chi connectivity index (χ0) is 25.0. The van der Waals surface area contributed by atoms with Crippen molar-refractivity contribution in [3.8, 4) is 5.69 Å². The van der Waals surface area contributed by atoms with Gasteiger partial charge in [-0.25, -0.2) is 4.68 Å². The van der Waals surface area contributed by atoms with Gasteiger partial charge in [-0.15, -0.1) is 0 Å². The first-order chi connectivity index (χ1) is 18.2. The number of morpholine rings is 1. The molecule has 2 aliphatic rings. The largest absolute Gasteiger partial charge is 0.382 e. The van der Waals surface area contributed by atoms with Crippen LogP contribution in [0.5, 0.6) is 0 Å². The lowest BCUT2D eigenvalue weighted by Crippen LogP contribution is -2.36. The van der Waals surface area contributed by atoms with Crippen molar-refractivity contribution in [2.75, 3.05) is 41.8 Å². The molecule has 2 heterocycles. The van der Waals surface area contributed by atoms with Crippen molar-refractivity contribution in [2.24, 2.45) is 0 Å². The number of rotatable bonds is 6. The Bertz CT molecular complexity index is 1360. The van der Waals surface area contributed by atoms with Crippen LogP contribution in [0.4, 0.5) is 17.1 Å². The first-order valence-electron chi connectivity index (χ1n) is 12.9. The van der Waals surface area contributed by atoms with Gasteiger partial charge in [0, 0.05) is 47.5 Å². The van der Waals surface area contributed by atoms with Crippen molar-refractivity contribution in [1.29, 1.82) is 0 Å². The molecule has 0 spiro atoms. The van der Waals surface area contributed by atoms with Gasteiger partial charge in [-0.05, 0) is 79.4 Å². The van der Waals surface area contributed by atoms with E-state index in [9.17, 15) is 4.79 Å². The van der Waals surface area contributed by atoms with E-state index in [1.165, 1.54) is 11.3 Å². The fraction of sp³-hybridized carbons (Fsp3) is 0.267. The summed E-state index contributed by atoms with van der Waals surface area (Å²) in [5, 5.41) is 11.4. The molecule has 1 fully saturated rings. The van der Waals surface area contributed by atoms with Crippen LogP contribution in [0, 0.1) is 0 Å². The summed E-state index contributed by atoms with van der Waals surface area (Å²) in [4.78, 5) is 15.3. The third-order valence-corrected chi connectivity index (χ3v) is 7.15. The Morgan fingerprint density at radius 2 is 1.70 bits per heavy atom. The number of hydrogen-bond acceptors (Lipinski definition) is 5. The lowest BCUT2D eigenvalue weighted by atomic mass is 9.93. The molecular formula is C30H31N5O2. The number of hydrogen-bond donors (Lipinski definition) is 2. The summed E-state index contributed by atoms with van der Waals surface area (Å²) in [5.74, 6) is -0.130. The molecule has 37 heavy (non-hydrogen) atoms. The van der Waals surface area contributed by atoms with Gasteiger partial charge in [0.2, 0.25) is 0 Å². The lowest BCUT2D eigenvalue weighted by Gasteiger charge is -2.28. The summed E-state index contributed by atoms with van der Waals surface area (Å²) >= 11 is 0. The van der Waals surface area contributed by atoms with Crippen molar-refractivity contribution in [1.82, 2.24) is 9.78 Å². The highest BCUT2D eigenvalue weighted by molar-refractivity contribution is 6.04. The first kappa shape index (κ1) is 23.3. The number of para-hydroxylation sites is 1. The van der Waals surface area contributed by atoms with Crippen LogP contribution in [0.15, 0.2) is 85.1 Å². The molecule has 0 radical (unpaired) electrons. The number of ether oxygens (including phenoxy) is 1. The number of carbonyl (C=O) groups excluding carboxylic acids is 1. The molecule has 7 heteroatoms. The zero-order valence-electron chi connectivity index (χ0n) is 20.8. The van der Waals surface area contributed by atoms with E-state index in [2.05, 4.69) is 39.8 Å². The number of aromatic nitrogens is 2. The molecule has 1 saturated heterocycles. The van der Waals surface area contributed by atoms with Crippen LogP contribution in [-0.2, 0) is 17.6 Å². The normalized spacial score (nSPS) is 17.2. The van der Waals surface area contributed by atoms with Gasteiger partial charge in [0.05, 0.1) is 25.1 Å². The third-order valence-electron chi connectivity index (χ3n) is 7.15.